The molecule has 0 aliphatic carbocycles. The van der Waals surface area contributed by atoms with Gasteiger partial charge in [-0.05, 0) is 16.7 Å². The molecular formula is C15H18N2. The predicted octanol–water partition coefficient (Wildman–Crippen LogP) is 2.92. The van der Waals surface area contributed by atoms with E-state index in [4.69, 9.17) is 0 Å². The molecule has 1 N–H and O–H groups in total. The van der Waals surface area contributed by atoms with Crippen molar-refractivity contribution in [3.05, 3.63) is 60.2 Å². The average molecular weight is 226 g/mol. The Morgan fingerprint density at radius 1 is 0.824 bits per heavy atom. The SMILES string of the molecule is CN(C)NCc1ccc(-c2ccccc2)cc1. The van der Waals surface area contributed by atoms with Crippen molar-refractivity contribution in [2.24, 2.45) is 0 Å². The van der Waals surface area contributed by atoms with Crippen LogP contribution in [0.15, 0.2) is 54.6 Å². The van der Waals surface area contributed by atoms with Crippen molar-refractivity contribution < 1.29 is 0 Å². The van der Waals surface area contributed by atoms with E-state index in [1.54, 1.807) is 0 Å². The maximum atomic E-state index is 3.25. The minimum Gasteiger partial charge on any atom is -0.251 e. The molecule has 0 atom stereocenters. The second-order valence-electron chi connectivity index (χ2n) is 4.29. The van der Waals surface area contributed by atoms with Crippen LogP contribution in [0.4, 0.5) is 0 Å². The molecule has 2 nitrogen and oxygen atoms in total. The number of hydrazine groups is 1. The van der Waals surface area contributed by atoms with Crippen LogP contribution in [0.1, 0.15) is 5.56 Å². The maximum Gasteiger partial charge on any atom is 0.0353 e. The summed E-state index contributed by atoms with van der Waals surface area (Å²) in [5.41, 5.74) is 7.07. The summed E-state index contributed by atoms with van der Waals surface area (Å²) in [6.07, 6.45) is 0. The topological polar surface area (TPSA) is 15.3 Å². The molecule has 0 saturated heterocycles. The third-order valence-corrected chi connectivity index (χ3v) is 2.66. The van der Waals surface area contributed by atoms with Gasteiger partial charge >= 0.3 is 0 Å². The first kappa shape index (κ1) is 11.8. The van der Waals surface area contributed by atoms with Gasteiger partial charge in [-0.2, -0.15) is 0 Å². The molecule has 0 spiro atoms. The van der Waals surface area contributed by atoms with Crippen molar-refractivity contribution in [1.29, 1.82) is 0 Å². The number of nitrogens with one attached hydrogen (secondary N) is 1. The molecule has 0 saturated carbocycles. The molecule has 0 aliphatic heterocycles. The van der Waals surface area contributed by atoms with E-state index in [0.717, 1.165) is 6.54 Å². The van der Waals surface area contributed by atoms with E-state index in [1.165, 1.54) is 16.7 Å². The summed E-state index contributed by atoms with van der Waals surface area (Å²) in [5, 5.41) is 1.96. The third-order valence-electron chi connectivity index (χ3n) is 2.66. The Morgan fingerprint density at radius 2 is 1.41 bits per heavy atom. The van der Waals surface area contributed by atoms with Crippen LogP contribution in [0.5, 0.6) is 0 Å². The summed E-state index contributed by atoms with van der Waals surface area (Å²) in [5.74, 6) is 0. The monoisotopic (exact) mass is 226 g/mol. The highest BCUT2D eigenvalue weighted by molar-refractivity contribution is 5.63. The minimum atomic E-state index is 0.863. The van der Waals surface area contributed by atoms with Crippen LogP contribution in [0.3, 0.4) is 0 Å². The Balaban J connectivity index is 2.08. The van der Waals surface area contributed by atoms with Crippen molar-refractivity contribution >= 4 is 0 Å². The van der Waals surface area contributed by atoms with Crippen molar-refractivity contribution in [3.8, 4) is 11.1 Å². The molecule has 0 heterocycles. The Bertz CT molecular complexity index is 446. The number of benzene rings is 2. The van der Waals surface area contributed by atoms with Crippen molar-refractivity contribution in [1.82, 2.24) is 10.4 Å². The lowest BCUT2D eigenvalue weighted by atomic mass is 10.0. The summed E-state index contributed by atoms with van der Waals surface area (Å²) in [6, 6.07) is 19.1. The number of hydrogen-bond acceptors (Lipinski definition) is 2. The Labute approximate surface area is 103 Å². The molecule has 0 aliphatic rings. The number of nitrogens with zero attached hydrogens (tertiary/aromatic N) is 1. The van der Waals surface area contributed by atoms with Gasteiger partial charge in [-0.3, -0.25) is 10.4 Å². The molecule has 0 amide bonds. The zero-order chi connectivity index (χ0) is 12.1. The van der Waals surface area contributed by atoms with Crippen LogP contribution in [0.25, 0.3) is 11.1 Å². The average Bonchev–Trinajstić information content (AvgIpc) is 2.38. The van der Waals surface area contributed by atoms with E-state index >= 15 is 0 Å². The van der Waals surface area contributed by atoms with Crippen LogP contribution >= 0.6 is 0 Å². The minimum absolute atomic E-state index is 0.863. The fourth-order valence-electron chi connectivity index (χ4n) is 1.70. The fraction of sp³-hybridized carbons (Fsp3) is 0.200. The molecule has 0 radical (unpaired) electrons. The van der Waals surface area contributed by atoms with Gasteiger partial charge in [-0.15, -0.1) is 0 Å². The molecule has 2 aromatic carbocycles. The molecule has 0 aromatic heterocycles. The van der Waals surface area contributed by atoms with E-state index in [9.17, 15) is 0 Å². The lowest BCUT2D eigenvalue weighted by Gasteiger charge is -2.12. The largest absolute Gasteiger partial charge is 0.251 e. The summed E-state index contributed by atoms with van der Waals surface area (Å²) in [4.78, 5) is 0. The standard InChI is InChI=1S/C15H18N2/c1-17(2)16-12-13-8-10-15(11-9-13)14-6-4-3-5-7-14/h3-11,16H,12H2,1-2H3. The second kappa shape index (κ2) is 5.62. The molecule has 0 fully saturated rings. The first-order valence-electron chi connectivity index (χ1n) is 5.81. The van der Waals surface area contributed by atoms with Gasteiger partial charge in [0.1, 0.15) is 0 Å². The summed E-state index contributed by atoms with van der Waals surface area (Å²) < 4.78 is 0. The molecule has 88 valence electrons. The molecular weight excluding hydrogens is 208 g/mol. The Kier molecular flexibility index (Phi) is 3.91. The maximum absolute atomic E-state index is 3.25. The quantitative estimate of drug-likeness (QED) is 0.806. The molecule has 0 unspecified atom stereocenters. The van der Waals surface area contributed by atoms with Gasteiger partial charge in [0.05, 0.1) is 0 Å². The van der Waals surface area contributed by atoms with Crippen LogP contribution in [0, 0.1) is 0 Å². The fourth-order valence-corrected chi connectivity index (χ4v) is 1.70. The Morgan fingerprint density at radius 3 is 2.00 bits per heavy atom. The van der Waals surface area contributed by atoms with Crippen molar-refractivity contribution in [2.45, 2.75) is 6.54 Å². The van der Waals surface area contributed by atoms with Gasteiger partial charge in [0.2, 0.25) is 0 Å². The molecule has 2 heteroatoms. The smallest absolute Gasteiger partial charge is 0.0353 e. The first-order valence-corrected chi connectivity index (χ1v) is 5.81. The highest BCUT2D eigenvalue weighted by Crippen LogP contribution is 2.19. The first-order chi connectivity index (χ1) is 8.25. The second-order valence-corrected chi connectivity index (χ2v) is 4.29. The van der Waals surface area contributed by atoms with Crippen LogP contribution in [-0.4, -0.2) is 19.1 Å². The number of rotatable bonds is 4. The van der Waals surface area contributed by atoms with Crippen molar-refractivity contribution in [3.63, 3.8) is 0 Å². The lowest BCUT2D eigenvalue weighted by molar-refractivity contribution is 0.286. The zero-order valence-corrected chi connectivity index (χ0v) is 10.4. The summed E-state index contributed by atoms with van der Waals surface area (Å²) in [6.45, 7) is 0.863. The van der Waals surface area contributed by atoms with Gasteiger partial charge < -0.3 is 0 Å². The lowest BCUT2D eigenvalue weighted by Crippen LogP contribution is -2.29. The van der Waals surface area contributed by atoms with Gasteiger partial charge in [0, 0.05) is 20.6 Å². The van der Waals surface area contributed by atoms with Gasteiger partial charge in [-0.25, -0.2) is 0 Å². The summed E-state index contributed by atoms with van der Waals surface area (Å²) >= 11 is 0. The van der Waals surface area contributed by atoms with Gasteiger partial charge in [0.15, 0.2) is 0 Å². The van der Waals surface area contributed by atoms with Crippen molar-refractivity contribution in [2.75, 3.05) is 14.1 Å². The van der Waals surface area contributed by atoms with Gasteiger partial charge in [-0.1, -0.05) is 54.6 Å². The predicted molar refractivity (Wildman–Crippen MR) is 72.4 cm³/mol. The molecule has 2 rings (SSSR count). The van der Waals surface area contributed by atoms with E-state index < -0.39 is 0 Å². The zero-order valence-electron chi connectivity index (χ0n) is 10.4. The molecule has 0 bridgehead atoms. The number of hydrogen-bond donors (Lipinski definition) is 1. The Hall–Kier alpha value is -1.64. The third kappa shape index (κ3) is 3.41. The van der Waals surface area contributed by atoms with E-state index in [1.807, 2.05) is 25.2 Å². The molecule has 17 heavy (non-hydrogen) atoms. The highest BCUT2D eigenvalue weighted by Gasteiger charge is 1.97. The van der Waals surface area contributed by atoms with E-state index in [-0.39, 0.29) is 0 Å². The highest BCUT2D eigenvalue weighted by atomic mass is 15.5. The van der Waals surface area contributed by atoms with Crippen LogP contribution < -0.4 is 5.43 Å². The van der Waals surface area contributed by atoms with Gasteiger partial charge in [0.25, 0.3) is 0 Å². The summed E-state index contributed by atoms with van der Waals surface area (Å²) in [7, 11) is 4.00. The van der Waals surface area contributed by atoms with Crippen LogP contribution in [-0.2, 0) is 6.54 Å². The van der Waals surface area contributed by atoms with E-state index in [2.05, 4.69) is 54.0 Å². The molecule has 2 aromatic rings. The normalized spacial score (nSPS) is 10.8. The van der Waals surface area contributed by atoms with E-state index in [0.29, 0.717) is 0 Å². The van der Waals surface area contributed by atoms with Crippen LogP contribution in [0.2, 0.25) is 0 Å².